The van der Waals surface area contributed by atoms with Crippen LogP contribution in [0.4, 0.5) is 5.69 Å². The van der Waals surface area contributed by atoms with Gasteiger partial charge in [0.1, 0.15) is 0 Å². The van der Waals surface area contributed by atoms with Gasteiger partial charge in [0.25, 0.3) is 5.69 Å². The van der Waals surface area contributed by atoms with Crippen LogP contribution in [0.5, 0.6) is 0 Å². The molecule has 0 spiro atoms. The van der Waals surface area contributed by atoms with E-state index in [0.29, 0.717) is 23.2 Å². The number of hydrogen-bond donors (Lipinski definition) is 1. The summed E-state index contributed by atoms with van der Waals surface area (Å²) in [5, 5.41) is 14.7. The van der Waals surface area contributed by atoms with E-state index in [1.807, 2.05) is 0 Å². The third-order valence-electron chi connectivity index (χ3n) is 3.86. The van der Waals surface area contributed by atoms with Crippen molar-refractivity contribution in [3.63, 3.8) is 0 Å². The number of likely N-dealkylation sites (tertiary alicyclic amines) is 1. The number of piperidine rings is 1. The molecule has 0 saturated carbocycles. The number of benzene rings is 1. The van der Waals surface area contributed by atoms with Crippen molar-refractivity contribution >= 4 is 17.3 Å². The zero-order chi connectivity index (χ0) is 14.5. The molecule has 1 aromatic rings. The third-order valence-corrected chi connectivity index (χ3v) is 4.10. The van der Waals surface area contributed by atoms with Crippen molar-refractivity contribution in [1.82, 2.24) is 10.2 Å². The number of nitro groups is 1. The minimum Gasteiger partial charge on any atom is -0.311 e. The average Bonchev–Trinajstić information content (AvgIpc) is 2.42. The monoisotopic (exact) mass is 297 g/mol. The second kappa shape index (κ2) is 7.02. The molecule has 0 aliphatic carbocycles. The van der Waals surface area contributed by atoms with Gasteiger partial charge in [0, 0.05) is 35.8 Å². The van der Waals surface area contributed by atoms with Crippen molar-refractivity contribution in [1.29, 1.82) is 0 Å². The lowest BCUT2D eigenvalue weighted by atomic mass is 10.0. The summed E-state index contributed by atoms with van der Waals surface area (Å²) in [4.78, 5) is 13.0. The summed E-state index contributed by atoms with van der Waals surface area (Å²) in [6.07, 6.45) is 3.71. The van der Waals surface area contributed by atoms with Crippen molar-refractivity contribution in [2.24, 2.45) is 0 Å². The number of halogens is 1. The summed E-state index contributed by atoms with van der Waals surface area (Å²) in [5.74, 6) is 0. The molecular weight excluding hydrogens is 278 g/mol. The van der Waals surface area contributed by atoms with Crippen molar-refractivity contribution < 1.29 is 4.92 Å². The fourth-order valence-electron chi connectivity index (χ4n) is 2.63. The van der Waals surface area contributed by atoms with E-state index in [1.54, 1.807) is 12.1 Å². The second-order valence-corrected chi connectivity index (χ2v) is 5.73. The quantitative estimate of drug-likeness (QED) is 0.671. The Morgan fingerprint density at radius 2 is 2.30 bits per heavy atom. The first-order valence-corrected chi connectivity index (χ1v) is 7.29. The normalized spacial score (nSPS) is 20.0. The molecule has 110 valence electrons. The van der Waals surface area contributed by atoms with Gasteiger partial charge in [0.15, 0.2) is 0 Å². The molecule has 6 heteroatoms. The Bertz CT molecular complexity index is 481. The molecule has 5 nitrogen and oxygen atoms in total. The van der Waals surface area contributed by atoms with Crippen LogP contribution < -0.4 is 5.32 Å². The summed E-state index contributed by atoms with van der Waals surface area (Å²) < 4.78 is 0. The Morgan fingerprint density at radius 1 is 1.50 bits per heavy atom. The maximum Gasteiger partial charge on any atom is 0.275 e. The highest BCUT2D eigenvalue weighted by molar-refractivity contribution is 6.30. The van der Waals surface area contributed by atoms with Gasteiger partial charge < -0.3 is 10.2 Å². The first-order chi connectivity index (χ1) is 9.58. The first kappa shape index (κ1) is 15.2. The van der Waals surface area contributed by atoms with E-state index in [2.05, 4.69) is 17.3 Å². The molecular formula is C14H20ClN3O2. The maximum absolute atomic E-state index is 11.0. The Morgan fingerprint density at radius 3 is 3.00 bits per heavy atom. The van der Waals surface area contributed by atoms with Gasteiger partial charge in [0.05, 0.1) is 4.92 Å². The van der Waals surface area contributed by atoms with Crippen molar-refractivity contribution in [3.8, 4) is 0 Å². The lowest BCUT2D eigenvalue weighted by Crippen LogP contribution is -2.42. The molecule has 1 heterocycles. The van der Waals surface area contributed by atoms with Gasteiger partial charge in [-0.1, -0.05) is 18.0 Å². The molecule has 0 radical (unpaired) electrons. The van der Waals surface area contributed by atoms with Gasteiger partial charge in [-0.2, -0.15) is 0 Å². The van der Waals surface area contributed by atoms with Crippen LogP contribution in [-0.2, 0) is 6.54 Å². The van der Waals surface area contributed by atoms with E-state index in [0.717, 1.165) is 13.1 Å². The standard InChI is InChI=1S/C14H20ClN3O2/c1-17-7-3-2-4-13(17)10-16-9-11-5-6-12(15)8-14(11)18(19)20/h5-6,8,13,16H,2-4,7,9-10H2,1H3. The highest BCUT2D eigenvalue weighted by Crippen LogP contribution is 2.23. The van der Waals surface area contributed by atoms with Gasteiger partial charge in [-0.15, -0.1) is 0 Å². The molecule has 1 saturated heterocycles. The molecule has 0 aromatic heterocycles. The van der Waals surface area contributed by atoms with E-state index in [-0.39, 0.29) is 10.6 Å². The lowest BCUT2D eigenvalue weighted by Gasteiger charge is -2.32. The summed E-state index contributed by atoms with van der Waals surface area (Å²) >= 11 is 5.80. The number of rotatable bonds is 5. The van der Waals surface area contributed by atoms with E-state index in [4.69, 9.17) is 11.6 Å². The Kier molecular flexibility index (Phi) is 5.34. The van der Waals surface area contributed by atoms with Crippen LogP contribution in [0, 0.1) is 10.1 Å². The number of nitrogens with one attached hydrogen (secondary N) is 1. The van der Waals surface area contributed by atoms with Gasteiger partial charge in [-0.3, -0.25) is 10.1 Å². The van der Waals surface area contributed by atoms with Crippen LogP contribution in [0.25, 0.3) is 0 Å². The fourth-order valence-corrected chi connectivity index (χ4v) is 2.80. The number of nitrogens with zero attached hydrogens (tertiary/aromatic N) is 2. The van der Waals surface area contributed by atoms with Crippen LogP contribution in [0.3, 0.4) is 0 Å². The minimum absolute atomic E-state index is 0.0852. The molecule has 0 amide bonds. The van der Waals surface area contributed by atoms with Crippen LogP contribution in [-0.4, -0.2) is 36.0 Å². The van der Waals surface area contributed by atoms with E-state index in [9.17, 15) is 10.1 Å². The summed E-state index contributed by atoms with van der Waals surface area (Å²) in [5.41, 5.74) is 0.764. The molecule has 1 unspecified atom stereocenters. The molecule has 1 fully saturated rings. The molecule has 0 bridgehead atoms. The summed E-state index contributed by atoms with van der Waals surface area (Å²) in [6, 6.07) is 5.34. The molecule has 2 rings (SSSR count). The van der Waals surface area contributed by atoms with E-state index in [1.165, 1.54) is 25.3 Å². The van der Waals surface area contributed by atoms with Crippen molar-refractivity contribution in [2.75, 3.05) is 20.1 Å². The predicted octanol–water partition coefficient (Wildman–Crippen LogP) is 2.82. The topological polar surface area (TPSA) is 58.4 Å². The minimum atomic E-state index is -0.379. The summed E-state index contributed by atoms with van der Waals surface area (Å²) in [7, 11) is 2.14. The maximum atomic E-state index is 11.0. The van der Waals surface area contributed by atoms with E-state index < -0.39 is 0 Å². The van der Waals surface area contributed by atoms with Gasteiger partial charge in [-0.05, 0) is 38.6 Å². The molecule has 1 atom stereocenters. The molecule has 1 aliphatic rings. The lowest BCUT2D eigenvalue weighted by molar-refractivity contribution is -0.385. The Hall–Kier alpha value is -1.17. The van der Waals surface area contributed by atoms with Crippen molar-refractivity contribution in [2.45, 2.75) is 31.8 Å². The van der Waals surface area contributed by atoms with Crippen LogP contribution in [0.1, 0.15) is 24.8 Å². The summed E-state index contributed by atoms with van der Waals surface area (Å²) in [6.45, 7) is 2.49. The predicted molar refractivity (Wildman–Crippen MR) is 80.1 cm³/mol. The third kappa shape index (κ3) is 3.91. The zero-order valence-corrected chi connectivity index (χ0v) is 12.4. The Labute approximate surface area is 124 Å². The zero-order valence-electron chi connectivity index (χ0n) is 11.6. The highest BCUT2D eigenvalue weighted by atomic mass is 35.5. The second-order valence-electron chi connectivity index (χ2n) is 5.29. The van der Waals surface area contributed by atoms with Crippen LogP contribution in [0.2, 0.25) is 5.02 Å². The number of likely N-dealkylation sites (N-methyl/N-ethyl adjacent to an activating group) is 1. The fraction of sp³-hybridized carbons (Fsp3) is 0.571. The first-order valence-electron chi connectivity index (χ1n) is 6.91. The number of nitro benzene ring substituents is 1. The highest BCUT2D eigenvalue weighted by Gasteiger charge is 2.19. The van der Waals surface area contributed by atoms with Crippen LogP contribution in [0.15, 0.2) is 18.2 Å². The van der Waals surface area contributed by atoms with Gasteiger partial charge in [0.2, 0.25) is 0 Å². The molecule has 1 N–H and O–H groups in total. The van der Waals surface area contributed by atoms with Crippen molar-refractivity contribution in [3.05, 3.63) is 38.9 Å². The van der Waals surface area contributed by atoms with E-state index >= 15 is 0 Å². The molecule has 20 heavy (non-hydrogen) atoms. The SMILES string of the molecule is CN1CCCCC1CNCc1ccc(Cl)cc1[N+](=O)[O-]. The Balaban J connectivity index is 1.92. The number of hydrogen-bond acceptors (Lipinski definition) is 4. The average molecular weight is 298 g/mol. The van der Waals surface area contributed by atoms with Crippen LogP contribution >= 0.6 is 11.6 Å². The largest absolute Gasteiger partial charge is 0.311 e. The van der Waals surface area contributed by atoms with Gasteiger partial charge in [-0.25, -0.2) is 0 Å². The molecule has 1 aliphatic heterocycles. The molecule has 1 aromatic carbocycles. The smallest absolute Gasteiger partial charge is 0.275 e. The van der Waals surface area contributed by atoms with Gasteiger partial charge >= 0.3 is 0 Å².